The number of hydrogen-bond acceptors (Lipinski definition) is 4. The maximum absolute atomic E-state index is 3.52. The van der Waals surface area contributed by atoms with Crippen molar-refractivity contribution in [2.75, 3.05) is 10.2 Å². The molecule has 0 amide bonds. The van der Waals surface area contributed by atoms with E-state index in [0.29, 0.717) is 0 Å². The van der Waals surface area contributed by atoms with E-state index in [2.05, 4.69) is 59.4 Å². The van der Waals surface area contributed by atoms with Crippen LogP contribution < -0.4 is 21.1 Å². The van der Waals surface area contributed by atoms with E-state index >= 15 is 0 Å². The lowest BCUT2D eigenvalue weighted by atomic mass is 10.2. The van der Waals surface area contributed by atoms with E-state index in [0.717, 1.165) is 11.4 Å². The zero-order chi connectivity index (χ0) is 15.5. The van der Waals surface area contributed by atoms with Gasteiger partial charge in [-0.2, -0.15) is 10.9 Å². The van der Waals surface area contributed by atoms with Crippen LogP contribution in [0.1, 0.15) is 11.7 Å². The molecule has 4 nitrogen and oxygen atoms in total. The SMILES string of the molecule is c1ccc(C2NN(c3ccccc3)N(c3ccccc3)N2)cc1. The van der Waals surface area contributed by atoms with Crippen molar-refractivity contribution in [3.8, 4) is 0 Å². The summed E-state index contributed by atoms with van der Waals surface area (Å²) in [7, 11) is 0. The van der Waals surface area contributed by atoms with Gasteiger partial charge in [0.25, 0.3) is 0 Å². The molecule has 1 aliphatic rings. The summed E-state index contributed by atoms with van der Waals surface area (Å²) in [6.07, 6.45) is 0.0108. The van der Waals surface area contributed by atoms with Gasteiger partial charge in [0.15, 0.2) is 0 Å². The lowest BCUT2D eigenvalue weighted by Gasteiger charge is -2.29. The van der Waals surface area contributed by atoms with Crippen molar-refractivity contribution in [2.45, 2.75) is 6.17 Å². The average Bonchev–Trinajstić information content (AvgIpc) is 3.09. The highest BCUT2D eigenvalue weighted by molar-refractivity contribution is 5.57. The number of benzene rings is 3. The van der Waals surface area contributed by atoms with Crippen molar-refractivity contribution in [3.63, 3.8) is 0 Å². The quantitative estimate of drug-likeness (QED) is 0.773. The van der Waals surface area contributed by atoms with Gasteiger partial charge in [0, 0.05) is 0 Å². The Balaban J connectivity index is 1.70. The molecule has 0 aliphatic carbocycles. The van der Waals surface area contributed by atoms with Crippen molar-refractivity contribution in [1.29, 1.82) is 0 Å². The van der Waals surface area contributed by atoms with E-state index in [4.69, 9.17) is 0 Å². The predicted octanol–water partition coefficient (Wildman–Crippen LogP) is 3.64. The lowest BCUT2D eigenvalue weighted by Crippen LogP contribution is -2.45. The Kier molecular flexibility index (Phi) is 3.68. The molecule has 3 aromatic carbocycles. The molecule has 0 bridgehead atoms. The molecule has 0 atom stereocenters. The zero-order valence-corrected chi connectivity index (χ0v) is 12.6. The Hall–Kier alpha value is -2.82. The van der Waals surface area contributed by atoms with Gasteiger partial charge >= 0.3 is 0 Å². The van der Waals surface area contributed by atoms with Crippen LogP contribution in [0.4, 0.5) is 11.4 Å². The van der Waals surface area contributed by atoms with E-state index < -0.39 is 0 Å². The Labute approximate surface area is 135 Å². The standard InChI is InChI=1S/C19H18N4/c1-4-10-16(11-5-1)19-20-22(17-12-6-2-7-13-17)23(21-19)18-14-8-3-9-15-18/h1-15,19-21H. The summed E-state index contributed by atoms with van der Waals surface area (Å²) in [4.78, 5) is 0. The predicted molar refractivity (Wildman–Crippen MR) is 93.3 cm³/mol. The maximum Gasteiger partial charge on any atom is 0.122 e. The highest BCUT2D eigenvalue weighted by Gasteiger charge is 2.30. The van der Waals surface area contributed by atoms with Gasteiger partial charge in [0.1, 0.15) is 6.17 Å². The molecule has 4 heteroatoms. The largest absolute Gasteiger partial charge is 0.201 e. The molecule has 0 spiro atoms. The Morgan fingerprint density at radius 3 is 1.35 bits per heavy atom. The smallest absolute Gasteiger partial charge is 0.122 e. The molecule has 0 aromatic heterocycles. The summed E-state index contributed by atoms with van der Waals surface area (Å²) in [5.74, 6) is 0. The third-order valence-corrected chi connectivity index (χ3v) is 3.84. The van der Waals surface area contributed by atoms with Crippen LogP contribution in [0.2, 0.25) is 0 Å². The molecular formula is C19H18N4. The summed E-state index contributed by atoms with van der Waals surface area (Å²) < 4.78 is 0. The van der Waals surface area contributed by atoms with Crippen LogP contribution in [0.3, 0.4) is 0 Å². The minimum absolute atomic E-state index is 0.0108. The highest BCUT2D eigenvalue weighted by atomic mass is 16.0. The first-order chi connectivity index (χ1) is 11.4. The molecule has 1 saturated heterocycles. The van der Waals surface area contributed by atoms with Crippen LogP contribution in [0.5, 0.6) is 0 Å². The third kappa shape index (κ3) is 2.77. The van der Waals surface area contributed by atoms with Crippen LogP contribution >= 0.6 is 0 Å². The van der Waals surface area contributed by atoms with Gasteiger partial charge in [-0.1, -0.05) is 66.7 Å². The Bertz CT molecular complexity index is 699. The first kappa shape index (κ1) is 13.8. The molecule has 3 aromatic rings. The summed E-state index contributed by atoms with van der Waals surface area (Å²) in [6, 6.07) is 30.9. The van der Waals surface area contributed by atoms with Gasteiger partial charge in [0.05, 0.1) is 11.4 Å². The molecule has 2 N–H and O–H groups in total. The number of para-hydroxylation sites is 2. The van der Waals surface area contributed by atoms with Crippen molar-refractivity contribution < 1.29 is 0 Å². The number of hydrogen-bond donors (Lipinski definition) is 2. The maximum atomic E-state index is 3.52. The summed E-state index contributed by atoms with van der Waals surface area (Å²) in [5.41, 5.74) is 10.4. The number of nitrogens with one attached hydrogen (secondary N) is 2. The van der Waals surface area contributed by atoms with E-state index in [1.165, 1.54) is 5.56 Å². The minimum Gasteiger partial charge on any atom is -0.201 e. The van der Waals surface area contributed by atoms with Crippen LogP contribution in [0, 0.1) is 0 Å². The zero-order valence-electron chi connectivity index (χ0n) is 12.6. The molecule has 0 saturated carbocycles. The summed E-state index contributed by atoms with van der Waals surface area (Å²) >= 11 is 0. The molecule has 1 fully saturated rings. The summed E-state index contributed by atoms with van der Waals surface area (Å²) in [6.45, 7) is 0. The van der Waals surface area contributed by atoms with Gasteiger partial charge in [-0.15, -0.1) is 0 Å². The van der Waals surface area contributed by atoms with E-state index in [1.807, 2.05) is 52.7 Å². The molecule has 1 aliphatic heterocycles. The van der Waals surface area contributed by atoms with E-state index in [-0.39, 0.29) is 6.17 Å². The molecule has 23 heavy (non-hydrogen) atoms. The molecule has 4 rings (SSSR count). The minimum atomic E-state index is 0.0108. The molecular weight excluding hydrogens is 284 g/mol. The second kappa shape index (κ2) is 6.12. The van der Waals surface area contributed by atoms with Gasteiger partial charge in [0.2, 0.25) is 0 Å². The van der Waals surface area contributed by atoms with Crippen LogP contribution in [-0.2, 0) is 0 Å². The second-order valence-corrected chi connectivity index (χ2v) is 5.40. The molecule has 114 valence electrons. The van der Waals surface area contributed by atoms with Crippen molar-refractivity contribution in [1.82, 2.24) is 10.9 Å². The van der Waals surface area contributed by atoms with Crippen molar-refractivity contribution in [3.05, 3.63) is 96.6 Å². The normalized spacial score (nSPS) is 15.1. The number of nitrogens with zero attached hydrogens (tertiary/aromatic N) is 2. The lowest BCUT2D eigenvalue weighted by molar-refractivity contribution is 0.574. The number of hydrazine groups is 3. The van der Waals surface area contributed by atoms with Crippen LogP contribution in [0.25, 0.3) is 0 Å². The van der Waals surface area contributed by atoms with Crippen LogP contribution in [0.15, 0.2) is 91.0 Å². The Morgan fingerprint density at radius 1 is 0.522 bits per heavy atom. The molecule has 1 heterocycles. The second-order valence-electron chi connectivity index (χ2n) is 5.40. The average molecular weight is 302 g/mol. The number of rotatable bonds is 3. The first-order valence-corrected chi connectivity index (χ1v) is 7.69. The number of anilines is 2. The third-order valence-electron chi connectivity index (χ3n) is 3.84. The van der Waals surface area contributed by atoms with Gasteiger partial charge in [-0.05, 0) is 29.8 Å². The summed E-state index contributed by atoms with van der Waals surface area (Å²) in [5, 5.41) is 4.07. The Morgan fingerprint density at radius 2 is 0.913 bits per heavy atom. The van der Waals surface area contributed by atoms with E-state index in [1.54, 1.807) is 0 Å². The highest BCUT2D eigenvalue weighted by Crippen LogP contribution is 2.27. The van der Waals surface area contributed by atoms with Crippen LogP contribution in [-0.4, -0.2) is 0 Å². The van der Waals surface area contributed by atoms with Gasteiger partial charge in [-0.3, -0.25) is 0 Å². The monoisotopic (exact) mass is 302 g/mol. The fourth-order valence-corrected chi connectivity index (χ4v) is 2.70. The van der Waals surface area contributed by atoms with Gasteiger partial charge in [-0.25, -0.2) is 10.2 Å². The fraction of sp³-hybridized carbons (Fsp3) is 0.0526. The van der Waals surface area contributed by atoms with Crippen molar-refractivity contribution in [2.24, 2.45) is 0 Å². The van der Waals surface area contributed by atoms with Crippen molar-refractivity contribution >= 4 is 11.4 Å². The van der Waals surface area contributed by atoms with Gasteiger partial charge < -0.3 is 0 Å². The van der Waals surface area contributed by atoms with E-state index in [9.17, 15) is 0 Å². The topological polar surface area (TPSA) is 30.5 Å². The molecule has 0 unspecified atom stereocenters. The first-order valence-electron chi connectivity index (χ1n) is 7.69. The fourth-order valence-electron chi connectivity index (χ4n) is 2.70. The molecule has 0 radical (unpaired) electrons.